The zero-order chi connectivity index (χ0) is 15.7. The van der Waals surface area contributed by atoms with Gasteiger partial charge >= 0.3 is 5.97 Å². The summed E-state index contributed by atoms with van der Waals surface area (Å²) >= 11 is 6.19. The molecule has 3 rings (SSSR count). The molecule has 0 bridgehead atoms. The summed E-state index contributed by atoms with van der Waals surface area (Å²) in [6, 6.07) is 11.9. The van der Waals surface area contributed by atoms with Crippen LogP contribution in [0.2, 0.25) is 5.02 Å². The van der Waals surface area contributed by atoms with Crippen LogP contribution in [0.1, 0.15) is 36.5 Å². The Bertz CT molecular complexity index is 724. The largest absolute Gasteiger partial charge is 0.465 e. The molecule has 1 heterocycles. The first-order valence-electron chi connectivity index (χ1n) is 7.26. The van der Waals surface area contributed by atoms with Gasteiger partial charge in [0.25, 0.3) is 0 Å². The van der Waals surface area contributed by atoms with E-state index in [4.69, 9.17) is 21.1 Å². The number of para-hydroxylation sites is 1. The topological polar surface area (TPSA) is 35.5 Å². The van der Waals surface area contributed by atoms with E-state index in [0.29, 0.717) is 11.6 Å². The molecule has 4 heteroatoms. The van der Waals surface area contributed by atoms with Crippen molar-refractivity contribution in [3.8, 4) is 11.5 Å². The highest BCUT2D eigenvalue weighted by atomic mass is 35.5. The van der Waals surface area contributed by atoms with Gasteiger partial charge < -0.3 is 9.47 Å². The van der Waals surface area contributed by atoms with Gasteiger partial charge in [-0.2, -0.15) is 0 Å². The molecule has 1 aliphatic heterocycles. The predicted molar refractivity (Wildman–Crippen MR) is 85.8 cm³/mol. The smallest absolute Gasteiger partial charge is 0.302 e. The summed E-state index contributed by atoms with van der Waals surface area (Å²) in [5.41, 5.74) is 3.35. The maximum Gasteiger partial charge on any atom is 0.302 e. The first-order chi connectivity index (χ1) is 10.5. The summed E-state index contributed by atoms with van der Waals surface area (Å²) in [5.74, 6) is 1.48. The van der Waals surface area contributed by atoms with E-state index in [-0.39, 0.29) is 11.9 Å². The van der Waals surface area contributed by atoms with Crippen molar-refractivity contribution < 1.29 is 14.3 Å². The number of fused-ring (bicyclic) bond motifs is 2. The Balaban J connectivity index is 1.84. The second-order valence-corrected chi connectivity index (χ2v) is 5.98. The average molecular weight is 317 g/mol. The van der Waals surface area contributed by atoms with Gasteiger partial charge in [-0.1, -0.05) is 42.8 Å². The maximum atomic E-state index is 10.9. The molecule has 0 aromatic heterocycles. The van der Waals surface area contributed by atoms with Crippen molar-refractivity contribution in [1.29, 1.82) is 0 Å². The molecule has 0 saturated carbocycles. The Morgan fingerprint density at radius 2 is 2.14 bits per heavy atom. The van der Waals surface area contributed by atoms with Gasteiger partial charge in [0.2, 0.25) is 0 Å². The van der Waals surface area contributed by atoms with Crippen molar-refractivity contribution in [2.24, 2.45) is 0 Å². The van der Waals surface area contributed by atoms with E-state index >= 15 is 0 Å². The van der Waals surface area contributed by atoms with E-state index in [1.165, 1.54) is 6.92 Å². The van der Waals surface area contributed by atoms with Crippen LogP contribution in [-0.4, -0.2) is 12.6 Å². The number of hydrogen-bond acceptors (Lipinski definition) is 3. The number of halogens is 1. The molecule has 0 spiro atoms. The molecular weight excluding hydrogens is 300 g/mol. The number of ether oxygens (including phenoxy) is 2. The first kappa shape index (κ1) is 14.9. The van der Waals surface area contributed by atoms with Gasteiger partial charge in [0.1, 0.15) is 11.5 Å². The lowest BCUT2D eigenvalue weighted by atomic mass is 9.94. The average Bonchev–Trinajstić information content (AvgIpc) is 2.50. The van der Waals surface area contributed by atoms with Crippen LogP contribution in [-0.2, 0) is 16.0 Å². The van der Waals surface area contributed by atoms with Gasteiger partial charge in [0.15, 0.2) is 0 Å². The number of carbonyl (C=O) groups is 1. The Hall–Kier alpha value is -2.00. The van der Waals surface area contributed by atoms with E-state index in [1.807, 2.05) is 37.3 Å². The highest BCUT2D eigenvalue weighted by Gasteiger charge is 2.20. The second-order valence-electron chi connectivity index (χ2n) is 5.58. The van der Waals surface area contributed by atoms with Crippen molar-refractivity contribution in [1.82, 2.24) is 0 Å². The van der Waals surface area contributed by atoms with Crippen molar-refractivity contribution in [3.63, 3.8) is 0 Å². The lowest BCUT2D eigenvalue weighted by Crippen LogP contribution is -2.09. The monoisotopic (exact) mass is 316 g/mol. The fourth-order valence-electron chi connectivity index (χ4n) is 2.60. The molecule has 0 aliphatic carbocycles. The van der Waals surface area contributed by atoms with E-state index in [9.17, 15) is 4.79 Å². The fraction of sp³-hybridized carbons (Fsp3) is 0.278. The highest BCUT2D eigenvalue weighted by molar-refractivity contribution is 6.32. The molecule has 3 nitrogen and oxygen atoms in total. The third-order valence-corrected chi connectivity index (χ3v) is 4.13. The van der Waals surface area contributed by atoms with Crippen LogP contribution in [0.25, 0.3) is 0 Å². The number of esters is 1. The number of rotatable bonds is 3. The number of hydrogen-bond donors (Lipinski definition) is 0. The van der Waals surface area contributed by atoms with E-state index < -0.39 is 0 Å². The lowest BCUT2D eigenvalue weighted by molar-refractivity contribution is -0.141. The summed E-state index contributed by atoms with van der Waals surface area (Å²) in [4.78, 5) is 10.9. The van der Waals surface area contributed by atoms with Crippen LogP contribution in [0.4, 0.5) is 0 Å². The molecule has 22 heavy (non-hydrogen) atoms. The number of benzene rings is 2. The standard InChI is InChI=1S/C18H17ClO3/c1-11(10-21-12(2)20)13-6-7-17-15(8-13)9-14-4-3-5-16(19)18(14)22-17/h3-8,11H,9-10H2,1-2H3. The molecule has 2 aromatic rings. The van der Waals surface area contributed by atoms with E-state index in [2.05, 4.69) is 6.07 Å². The summed E-state index contributed by atoms with van der Waals surface area (Å²) in [7, 11) is 0. The summed E-state index contributed by atoms with van der Waals surface area (Å²) < 4.78 is 11.0. The van der Waals surface area contributed by atoms with Gasteiger partial charge in [-0.25, -0.2) is 0 Å². The first-order valence-corrected chi connectivity index (χ1v) is 7.64. The molecule has 1 unspecified atom stereocenters. The molecule has 0 fully saturated rings. The van der Waals surface area contributed by atoms with Crippen molar-refractivity contribution >= 4 is 17.6 Å². The number of carbonyl (C=O) groups excluding carboxylic acids is 1. The molecular formula is C18H17ClO3. The highest BCUT2D eigenvalue weighted by Crippen LogP contribution is 2.41. The summed E-state index contributed by atoms with van der Waals surface area (Å²) in [6.45, 7) is 3.85. The second kappa shape index (κ2) is 6.01. The Morgan fingerprint density at radius 3 is 2.91 bits per heavy atom. The van der Waals surface area contributed by atoms with Gasteiger partial charge in [-0.05, 0) is 23.3 Å². The third-order valence-electron chi connectivity index (χ3n) is 3.83. The Morgan fingerprint density at radius 1 is 1.32 bits per heavy atom. The molecule has 114 valence electrons. The third kappa shape index (κ3) is 2.95. The molecule has 0 amide bonds. The predicted octanol–water partition coefficient (Wildman–Crippen LogP) is 4.70. The Labute approximate surface area is 134 Å². The molecule has 0 N–H and O–H groups in total. The molecule has 0 radical (unpaired) electrons. The van der Waals surface area contributed by atoms with Crippen molar-refractivity contribution in [2.45, 2.75) is 26.2 Å². The van der Waals surface area contributed by atoms with Crippen molar-refractivity contribution in [2.75, 3.05) is 6.61 Å². The van der Waals surface area contributed by atoms with Gasteiger partial charge in [-0.15, -0.1) is 0 Å². The molecule has 1 aliphatic rings. The van der Waals surface area contributed by atoms with Crippen LogP contribution in [0.3, 0.4) is 0 Å². The minimum absolute atomic E-state index is 0.148. The zero-order valence-electron chi connectivity index (χ0n) is 12.6. The fourth-order valence-corrected chi connectivity index (χ4v) is 2.84. The van der Waals surface area contributed by atoms with Gasteiger partial charge in [-0.3, -0.25) is 4.79 Å². The van der Waals surface area contributed by atoms with Crippen LogP contribution in [0.15, 0.2) is 36.4 Å². The maximum absolute atomic E-state index is 10.9. The molecule has 1 atom stereocenters. The normalized spacial score (nSPS) is 13.6. The van der Waals surface area contributed by atoms with Gasteiger partial charge in [0.05, 0.1) is 11.6 Å². The lowest BCUT2D eigenvalue weighted by Gasteiger charge is -2.22. The minimum Gasteiger partial charge on any atom is -0.465 e. The van der Waals surface area contributed by atoms with E-state index in [1.54, 1.807) is 0 Å². The quantitative estimate of drug-likeness (QED) is 0.657. The molecule has 2 aromatic carbocycles. The summed E-state index contributed by atoms with van der Waals surface area (Å²) in [5, 5.41) is 0.635. The van der Waals surface area contributed by atoms with Crippen LogP contribution in [0.5, 0.6) is 11.5 Å². The molecule has 0 saturated heterocycles. The minimum atomic E-state index is -0.253. The van der Waals surface area contributed by atoms with Gasteiger partial charge in [0, 0.05) is 24.8 Å². The SMILES string of the molecule is CC(=O)OCC(C)c1ccc2c(c1)Cc1cccc(Cl)c1O2. The van der Waals surface area contributed by atoms with Crippen LogP contribution >= 0.6 is 11.6 Å². The zero-order valence-corrected chi connectivity index (χ0v) is 13.3. The summed E-state index contributed by atoms with van der Waals surface area (Å²) in [6.07, 6.45) is 0.791. The van der Waals surface area contributed by atoms with Crippen molar-refractivity contribution in [3.05, 3.63) is 58.1 Å². The Kier molecular flexibility index (Phi) is 4.08. The van der Waals surface area contributed by atoms with Crippen LogP contribution < -0.4 is 4.74 Å². The van der Waals surface area contributed by atoms with E-state index in [0.717, 1.165) is 34.6 Å². The van der Waals surface area contributed by atoms with Crippen LogP contribution in [0, 0.1) is 0 Å².